The summed E-state index contributed by atoms with van der Waals surface area (Å²) in [5.41, 5.74) is 0.340. The van der Waals surface area contributed by atoms with Crippen LogP contribution in [0.25, 0.3) is 6.08 Å². The van der Waals surface area contributed by atoms with Crippen molar-refractivity contribution in [1.82, 2.24) is 0 Å². The van der Waals surface area contributed by atoms with Crippen LogP contribution in [0.5, 0.6) is 11.5 Å². The van der Waals surface area contributed by atoms with Gasteiger partial charge in [-0.3, -0.25) is 14.9 Å². The number of methoxy groups -OCH3 is 2. The summed E-state index contributed by atoms with van der Waals surface area (Å²) in [4.78, 5) is 34.6. The zero-order valence-electron chi connectivity index (χ0n) is 16.1. The summed E-state index contributed by atoms with van der Waals surface area (Å²) in [5, 5.41) is 13.4. The second kappa shape index (κ2) is 9.88. The van der Waals surface area contributed by atoms with Gasteiger partial charge >= 0.3 is 5.97 Å². The number of anilines is 1. The lowest BCUT2D eigenvalue weighted by Crippen LogP contribution is -2.29. The number of rotatable bonds is 8. The number of carbonyl (C=O) groups is 2. The molecule has 2 aromatic carbocycles. The lowest BCUT2D eigenvalue weighted by Gasteiger charge is -2.12. The number of para-hydroxylation sites is 3. The average Bonchev–Trinajstić information content (AvgIpc) is 2.71. The van der Waals surface area contributed by atoms with Crippen molar-refractivity contribution in [3.63, 3.8) is 0 Å². The smallest absolute Gasteiger partial charge is 0.331 e. The zero-order chi connectivity index (χ0) is 21.4. The molecule has 29 heavy (non-hydrogen) atoms. The van der Waals surface area contributed by atoms with Crippen LogP contribution in [-0.4, -0.2) is 37.1 Å². The quantitative estimate of drug-likeness (QED) is 0.313. The predicted molar refractivity (Wildman–Crippen MR) is 106 cm³/mol. The van der Waals surface area contributed by atoms with Crippen LogP contribution in [0.3, 0.4) is 0 Å². The molecule has 1 amide bonds. The Hall–Kier alpha value is -3.88. The first kappa shape index (κ1) is 21.4. The number of benzene rings is 2. The van der Waals surface area contributed by atoms with Gasteiger partial charge in [-0.25, -0.2) is 4.79 Å². The molecule has 0 heterocycles. The maximum absolute atomic E-state index is 12.2. The topological polar surface area (TPSA) is 117 Å². The van der Waals surface area contributed by atoms with Crippen molar-refractivity contribution in [3.05, 3.63) is 64.2 Å². The minimum atomic E-state index is -1.17. The highest BCUT2D eigenvalue weighted by Crippen LogP contribution is 2.31. The third-order valence-electron chi connectivity index (χ3n) is 3.85. The van der Waals surface area contributed by atoms with Crippen molar-refractivity contribution in [3.8, 4) is 11.5 Å². The van der Waals surface area contributed by atoms with Gasteiger partial charge in [-0.15, -0.1) is 0 Å². The van der Waals surface area contributed by atoms with Gasteiger partial charge in [0.2, 0.25) is 0 Å². The number of ether oxygens (including phenoxy) is 3. The van der Waals surface area contributed by atoms with Crippen LogP contribution in [0.2, 0.25) is 0 Å². The standard InChI is InChI=1S/C20H20N2O7/c1-13(20(24)21-15-8-4-5-9-16(15)22(25)26)29-18(23)12-11-14-7-6-10-17(27-2)19(14)28-3/h4-13H,1-3H3,(H,21,24)/b12-11+/t13-/m0/s1. The Morgan fingerprint density at radius 1 is 1.10 bits per heavy atom. The highest BCUT2D eigenvalue weighted by Gasteiger charge is 2.21. The second-order valence-electron chi connectivity index (χ2n) is 5.76. The molecule has 9 nitrogen and oxygen atoms in total. The molecule has 0 saturated carbocycles. The monoisotopic (exact) mass is 400 g/mol. The number of nitro groups is 1. The lowest BCUT2D eigenvalue weighted by atomic mass is 10.1. The molecule has 1 atom stereocenters. The molecule has 2 aromatic rings. The van der Waals surface area contributed by atoms with E-state index in [0.29, 0.717) is 17.1 Å². The normalized spacial score (nSPS) is 11.6. The Kier molecular flexibility index (Phi) is 7.30. The minimum Gasteiger partial charge on any atom is -0.493 e. The number of nitrogens with zero attached hydrogens (tertiary/aromatic N) is 1. The summed E-state index contributed by atoms with van der Waals surface area (Å²) in [6, 6.07) is 10.8. The Bertz CT molecular complexity index is 940. The molecule has 9 heteroatoms. The highest BCUT2D eigenvalue weighted by molar-refractivity contribution is 5.98. The van der Waals surface area contributed by atoms with E-state index in [9.17, 15) is 19.7 Å². The highest BCUT2D eigenvalue weighted by atomic mass is 16.6. The molecular formula is C20H20N2O7. The molecule has 1 N–H and O–H groups in total. The van der Waals surface area contributed by atoms with Crippen molar-refractivity contribution < 1.29 is 28.7 Å². The zero-order valence-corrected chi connectivity index (χ0v) is 16.1. The maximum atomic E-state index is 12.2. The van der Waals surface area contributed by atoms with Crippen molar-refractivity contribution in [2.45, 2.75) is 13.0 Å². The summed E-state index contributed by atoms with van der Waals surface area (Å²) in [7, 11) is 2.97. The molecule has 0 aromatic heterocycles. The van der Waals surface area contributed by atoms with Crippen molar-refractivity contribution in [1.29, 1.82) is 0 Å². The third kappa shape index (κ3) is 5.55. The molecular weight excluding hydrogens is 380 g/mol. The number of nitrogens with one attached hydrogen (secondary N) is 1. The van der Waals surface area contributed by atoms with Crippen molar-refractivity contribution in [2.75, 3.05) is 19.5 Å². The fourth-order valence-electron chi connectivity index (χ4n) is 2.44. The Morgan fingerprint density at radius 2 is 1.83 bits per heavy atom. The van der Waals surface area contributed by atoms with E-state index in [2.05, 4.69) is 5.32 Å². The van der Waals surface area contributed by atoms with Gasteiger partial charge in [-0.1, -0.05) is 24.3 Å². The van der Waals surface area contributed by atoms with Gasteiger partial charge < -0.3 is 19.5 Å². The molecule has 0 spiro atoms. The van der Waals surface area contributed by atoms with Gasteiger partial charge in [0.25, 0.3) is 11.6 Å². The average molecular weight is 400 g/mol. The van der Waals surface area contributed by atoms with Gasteiger partial charge in [0.15, 0.2) is 17.6 Å². The number of hydrogen-bond donors (Lipinski definition) is 1. The molecule has 0 fully saturated rings. The van der Waals surface area contributed by atoms with Crippen LogP contribution >= 0.6 is 0 Å². The van der Waals surface area contributed by atoms with Crippen LogP contribution in [0.15, 0.2) is 48.5 Å². The molecule has 152 valence electrons. The number of hydrogen-bond acceptors (Lipinski definition) is 7. The van der Waals surface area contributed by atoms with Gasteiger partial charge in [0.05, 0.1) is 19.1 Å². The fraction of sp³-hybridized carbons (Fsp3) is 0.200. The Morgan fingerprint density at radius 3 is 2.48 bits per heavy atom. The fourth-order valence-corrected chi connectivity index (χ4v) is 2.44. The molecule has 2 rings (SSSR count). The van der Waals surface area contributed by atoms with Gasteiger partial charge in [-0.05, 0) is 25.1 Å². The predicted octanol–water partition coefficient (Wildman–Crippen LogP) is 3.20. The Balaban J connectivity index is 2.03. The van der Waals surface area contributed by atoms with Gasteiger partial charge in [-0.2, -0.15) is 0 Å². The van der Waals surface area contributed by atoms with Crippen LogP contribution in [0.4, 0.5) is 11.4 Å². The number of nitro benzene ring substituents is 1. The summed E-state index contributed by atoms with van der Waals surface area (Å²) in [5.74, 6) is -0.512. The van der Waals surface area contributed by atoms with E-state index in [1.807, 2.05) is 0 Å². The summed E-state index contributed by atoms with van der Waals surface area (Å²) < 4.78 is 15.5. The Labute approximate surface area is 167 Å². The molecule has 0 aliphatic carbocycles. The van der Waals surface area contributed by atoms with E-state index in [-0.39, 0.29) is 11.4 Å². The van der Waals surface area contributed by atoms with E-state index in [0.717, 1.165) is 6.08 Å². The number of esters is 1. The van der Waals surface area contributed by atoms with Gasteiger partial charge in [0.1, 0.15) is 5.69 Å². The van der Waals surface area contributed by atoms with E-state index >= 15 is 0 Å². The first-order valence-corrected chi connectivity index (χ1v) is 8.51. The number of amides is 1. The van der Waals surface area contributed by atoms with Crippen LogP contribution in [-0.2, 0) is 14.3 Å². The van der Waals surface area contributed by atoms with E-state index in [1.165, 1.54) is 45.4 Å². The van der Waals surface area contributed by atoms with Crippen LogP contribution in [0.1, 0.15) is 12.5 Å². The summed E-state index contributed by atoms with van der Waals surface area (Å²) in [6.07, 6.45) is 1.45. The lowest BCUT2D eigenvalue weighted by molar-refractivity contribution is -0.383. The van der Waals surface area contributed by atoms with E-state index in [1.54, 1.807) is 24.3 Å². The molecule has 0 aliphatic rings. The van der Waals surface area contributed by atoms with Crippen molar-refractivity contribution >= 4 is 29.3 Å². The van der Waals surface area contributed by atoms with Gasteiger partial charge in [0, 0.05) is 17.7 Å². The second-order valence-corrected chi connectivity index (χ2v) is 5.76. The van der Waals surface area contributed by atoms with Crippen LogP contribution in [0, 0.1) is 10.1 Å². The largest absolute Gasteiger partial charge is 0.493 e. The van der Waals surface area contributed by atoms with E-state index < -0.39 is 22.9 Å². The first-order chi connectivity index (χ1) is 13.9. The molecule has 0 saturated heterocycles. The van der Waals surface area contributed by atoms with Crippen LogP contribution < -0.4 is 14.8 Å². The molecule has 0 bridgehead atoms. The first-order valence-electron chi connectivity index (χ1n) is 8.51. The maximum Gasteiger partial charge on any atom is 0.331 e. The van der Waals surface area contributed by atoms with E-state index in [4.69, 9.17) is 14.2 Å². The summed E-state index contributed by atoms with van der Waals surface area (Å²) in [6.45, 7) is 1.36. The molecule has 0 radical (unpaired) electrons. The SMILES string of the molecule is COc1cccc(/C=C/C(=O)O[C@@H](C)C(=O)Nc2ccccc2[N+](=O)[O-])c1OC. The minimum absolute atomic E-state index is 0.0158. The van der Waals surface area contributed by atoms with Crippen molar-refractivity contribution in [2.24, 2.45) is 0 Å². The molecule has 0 aliphatic heterocycles. The number of carbonyl (C=O) groups excluding carboxylic acids is 2. The third-order valence-corrected chi connectivity index (χ3v) is 3.85. The molecule has 0 unspecified atom stereocenters. The summed E-state index contributed by atoms with van der Waals surface area (Å²) >= 11 is 0.